The maximum atomic E-state index is 14.1. The summed E-state index contributed by atoms with van der Waals surface area (Å²) in [5, 5.41) is 6.77. The van der Waals surface area contributed by atoms with Gasteiger partial charge in [0.2, 0.25) is 17.7 Å². The van der Waals surface area contributed by atoms with Crippen LogP contribution >= 0.6 is 0 Å². The second kappa shape index (κ2) is 13.6. The summed E-state index contributed by atoms with van der Waals surface area (Å²) in [5.74, 6) is 1.61. The third-order valence-corrected chi connectivity index (χ3v) is 12.5. The summed E-state index contributed by atoms with van der Waals surface area (Å²) in [6.07, 6.45) is 16.1. The first-order chi connectivity index (χ1) is 20.8. The first kappa shape index (κ1) is 35.7. The van der Waals surface area contributed by atoms with Crippen LogP contribution in [0.3, 0.4) is 0 Å². The van der Waals surface area contributed by atoms with E-state index in [2.05, 4.69) is 79.0 Å². The van der Waals surface area contributed by atoms with Gasteiger partial charge in [-0.2, -0.15) is 0 Å². The Morgan fingerprint density at radius 1 is 0.644 bits per heavy atom. The molecular weight excluding hydrogens is 558 g/mol. The predicted molar refractivity (Wildman–Crippen MR) is 184 cm³/mol. The van der Waals surface area contributed by atoms with E-state index in [0.29, 0.717) is 35.4 Å². The quantitative estimate of drug-likeness (QED) is 0.278. The Kier molecular flexibility index (Phi) is 10.8. The van der Waals surface area contributed by atoms with E-state index in [1.807, 2.05) is 0 Å². The van der Waals surface area contributed by atoms with Gasteiger partial charge in [-0.15, -0.1) is 0 Å². The van der Waals surface area contributed by atoms with Crippen LogP contribution < -0.4 is 16.4 Å². The van der Waals surface area contributed by atoms with E-state index in [0.717, 1.165) is 77.0 Å². The van der Waals surface area contributed by atoms with Gasteiger partial charge in [0.15, 0.2) is 0 Å². The molecule has 0 aliphatic heterocycles. The van der Waals surface area contributed by atoms with Crippen molar-refractivity contribution in [3.8, 4) is 0 Å². The number of nitrogens with two attached hydrogens (primary N) is 1. The second-order valence-electron chi connectivity index (χ2n) is 18.6. The third-order valence-electron chi connectivity index (χ3n) is 12.5. The van der Waals surface area contributed by atoms with Gasteiger partial charge in [0.05, 0.1) is 5.54 Å². The predicted octanol–water partition coefficient (Wildman–Crippen LogP) is 8.21. The van der Waals surface area contributed by atoms with E-state index >= 15 is 0 Å². The fourth-order valence-electron chi connectivity index (χ4n) is 9.09. The zero-order valence-electron chi connectivity index (χ0n) is 30.1. The highest BCUT2D eigenvalue weighted by atomic mass is 16.2. The highest BCUT2D eigenvalue weighted by molar-refractivity contribution is 5.94. The average Bonchev–Trinajstić information content (AvgIpc) is 2.96. The Morgan fingerprint density at radius 3 is 1.44 bits per heavy atom. The lowest BCUT2D eigenvalue weighted by atomic mass is 9.63. The van der Waals surface area contributed by atoms with Gasteiger partial charge in [0.1, 0.15) is 0 Å². The SMILES string of the molecule is CC(C)(C)C1CCC(C(=O)NC2=CC(NC(=O)C3CCC(C(C)(C)C)CC3)(C3CCC(C(C)(C)C)CC3)CC(C(N)=O)=C2)CC1. The van der Waals surface area contributed by atoms with Crippen LogP contribution in [-0.4, -0.2) is 23.3 Å². The van der Waals surface area contributed by atoms with Crippen molar-refractivity contribution >= 4 is 17.7 Å². The van der Waals surface area contributed by atoms with Gasteiger partial charge in [0.25, 0.3) is 0 Å². The fraction of sp³-hybridized carbons (Fsp3) is 0.821. The summed E-state index contributed by atoms with van der Waals surface area (Å²) in [5.41, 5.74) is 7.06. The maximum absolute atomic E-state index is 14.1. The van der Waals surface area contributed by atoms with Crippen molar-refractivity contribution < 1.29 is 14.4 Å². The van der Waals surface area contributed by atoms with E-state index in [4.69, 9.17) is 5.73 Å². The number of nitrogens with one attached hydrogen (secondary N) is 2. The number of allylic oxidation sites excluding steroid dienone is 1. The lowest BCUT2D eigenvalue weighted by Gasteiger charge is -2.47. The van der Waals surface area contributed by atoms with Crippen molar-refractivity contribution in [3.05, 3.63) is 23.4 Å². The molecular formula is C39H65N3O3. The summed E-state index contributed by atoms with van der Waals surface area (Å²) in [7, 11) is 0. The topological polar surface area (TPSA) is 101 Å². The molecule has 4 N–H and O–H groups in total. The smallest absolute Gasteiger partial charge is 0.244 e. The molecule has 3 amide bonds. The van der Waals surface area contributed by atoms with Crippen LogP contribution in [-0.2, 0) is 14.4 Å². The van der Waals surface area contributed by atoms with E-state index in [1.165, 1.54) is 0 Å². The minimum absolute atomic E-state index is 0.0211. The van der Waals surface area contributed by atoms with Crippen molar-refractivity contribution in [2.45, 2.75) is 151 Å². The largest absolute Gasteiger partial charge is 0.366 e. The van der Waals surface area contributed by atoms with E-state index in [9.17, 15) is 14.4 Å². The second-order valence-corrected chi connectivity index (χ2v) is 18.6. The van der Waals surface area contributed by atoms with Crippen LogP contribution in [0.15, 0.2) is 23.4 Å². The average molecular weight is 624 g/mol. The summed E-state index contributed by atoms with van der Waals surface area (Å²) < 4.78 is 0. The molecule has 0 aromatic heterocycles. The van der Waals surface area contributed by atoms with Crippen LogP contribution in [0.1, 0.15) is 146 Å². The van der Waals surface area contributed by atoms with Crippen LogP contribution in [0.4, 0.5) is 0 Å². The molecule has 0 spiro atoms. The molecule has 0 heterocycles. The Labute approximate surface area is 274 Å². The minimum Gasteiger partial charge on any atom is -0.366 e. The van der Waals surface area contributed by atoms with Gasteiger partial charge >= 0.3 is 0 Å². The highest BCUT2D eigenvalue weighted by Crippen LogP contribution is 2.47. The van der Waals surface area contributed by atoms with Gasteiger partial charge in [-0.3, -0.25) is 14.4 Å². The Morgan fingerprint density at radius 2 is 1.04 bits per heavy atom. The lowest BCUT2D eigenvalue weighted by molar-refractivity contribution is -0.129. The lowest BCUT2D eigenvalue weighted by Crippen LogP contribution is -2.57. The molecule has 4 aliphatic carbocycles. The molecule has 45 heavy (non-hydrogen) atoms. The number of rotatable bonds is 6. The summed E-state index contributed by atoms with van der Waals surface area (Å²) in [4.78, 5) is 40.5. The molecule has 3 fully saturated rings. The fourth-order valence-corrected chi connectivity index (χ4v) is 9.09. The van der Waals surface area contributed by atoms with Crippen LogP contribution in [0.2, 0.25) is 0 Å². The highest BCUT2D eigenvalue weighted by Gasteiger charge is 2.46. The van der Waals surface area contributed by atoms with Crippen LogP contribution in [0.25, 0.3) is 0 Å². The normalized spacial score (nSPS) is 33.4. The third kappa shape index (κ3) is 8.83. The number of carbonyl (C=O) groups is 3. The van der Waals surface area contributed by atoms with E-state index in [-0.39, 0.29) is 45.8 Å². The van der Waals surface area contributed by atoms with Crippen molar-refractivity contribution in [1.82, 2.24) is 10.6 Å². The van der Waals surface area contributed by atoms with Crippen molar-refractivity contribution in [1.29, 1.82) is 0 Å². The molecule has 254 valence electrons. The molecule has 6 nitrogen and oxygen atoms in total. The number of carbonyl (C=O) groups excluding carboxylic acids is 3. The Hall–Kier alpha value is -2.11. The van der Waals surface area contributed by atoms with Crippen molar-refractivity contribution in [2.24, 2.45) is 57.5 Å². The monoisotopic (exact) mass is 624 g/mol. The molecule has 4 aliphatic rings. The number of hydrogen-bond acceptors (Lipinski definition) is 3. The minimum atomic E-state index is -0.744. The molecule has 0 aromatic carbocycles. The summed E-state index contributed by atoms with van der Waals surface area (Å²) >= 11 is 0. The number of amides is 3. The Balaban J connectivity index is 1.58. The molecule has 6 heteroatoms. The number of primary amides is 1. The van der Waals surface area contributed by atoms with Crippen molar-refractivity contribution in [3.63, 3.8) is 0 Å². The van der Waals surface area contributed by atoms with E-state index < -0.39 is 11.4 Å². The molecule has 3 saturated carbocycles. The zero-order valence-corrected chi connectivity index (χ0v) is 30.1. The molecule has 0 aromatic rings. The van der Waals surface area contributed by atoms with Gasteiger partial charge in [-0.25, -0.2) is 0 Å². The first-order valence-electron chi connectivity index (χ1n) is 18.1. The van der Waals surface area contributed by atoms with Crippen LogP contribution in [0.5, 0.6) is 0 Å². The van der Waals surface area contributed by atoms with Crippen molar-refractivity contribution in [2.75, 3.05) is 0 Å². The molecule has 1 atom stereocenters. The van der Waals surface area contributed by atoms with Gasteiger partial charge in [-0.05, 0) is 129 Å². The van der Waals surface area contributed by atoms with Gasteiger partial charge in [0, 0.05) is 29.5 Å². The Bertz CT molecular complexity index is 1140. The molecule has 0 radical (unpaired) electrons. The standard InChI is InChI=1S/C39H65N3O3/c1-36(2,3)28-14-10-25(11-15-28)34(44)41-32-22-27(33(40)43)23-39(24-32,31-20-18-30(19-21-31)38(7,8)9)42-35(45)26-12-16-29(17-13-26)37(4,5)6/h22,24-26,28-31H,10-21,23H2,1-9H3,(H2,40,43)(H,41,44)(H,42,45). The molecule has 1 unspecified atom stereocenters. The first-order valence-corrected chi connectivity index (χ1v) is 18.1. The molecule has 0 bridgehead atoms. The summed E-state index contributed by atoms with van der Waals surface area (Å²) in [6, 6.07) is 0. The number of hydrogen-bond donors (Lipinski definition) is 3. The van der Waals surface area contributed by atoms with E-state index in [1.54, 1.807) is 6.08 Å². The maximum Gasteiger partial charge on any atom is 0.244 e. The van der Waals surface area contributed by atoms with Crippen LogP contribution in [0, 0.1) is 51.8 Å². The van der Waals surface area contributed by atoms with Gasteiger partial charge < -0.3 is 16.4 Å². The molecule has 0 saturated heterocycles. The summed E-state index contributed by atoms with van der Waals surface area (Å²) in [6.45, 7) is 20.7. The zero-order chi connectivity index (χ0) is 33.4. The van der Waals surface area contributed by atoms with Gasteiger partial charge in [-0.1, -0.05) is 62.3 Å². The molecule has 4 rings (SSSR count).